The van der Waals surface area contributed by atoms with Gasteiger partial charge in [0.2, 0.25) is 11.9 Å². The molecule has 26 heavy (non-hydrogen) atoms. The molecule has 3 rings (SSSR count). The molecule has 0 unspecified atom stereocenters. The van der Waals surface area contributed by atoms with Gasteiger partial charge in [-0.15, -0.1) is 0 Å². The number of anilines is 2. The van der Waals surface area contributed by atoms with Gasteiger partial charge in [-0.3, -0.25) is 4.79 Å². The van der Waals surface area contributed by atoms with E-state index in [1.54, 1.807) is 0 Å². The van der Waals surface area contributed by atoms with Crippen molar-refractivity contribution in [2.24, 2.45) is 5.92 Å². The average molecular weight is 382 g/mol. The molecule has 2 saturated heterocycles. The quantitative estimate of drug-likeness (QED) is 0.864. The Kier molecular flexibility index (Phi) is 5.58. The lowest BCUT2D eigenvalue weighted by Crippen LogP contribution is -2.47. The second-order valence-electron chi connectivity index (χ2n) is 7.73. The number of carbonyl (C=O) groups is 1. The van der Waals surface area contributed by atoms with Gasteiger partial charge in [-0.25, -0.2) is 4.98 Å². The van der Waals surface area contributed by atoms with E-state index in [0.717, 1.165) is 32.5 Å². The molecule has 7 nitrogen and oxygen atoms in total. The molecule has 2 aliphatic heterocycles. The zero-order valence-corrected chi connectivity index (χ0v) is 16.6. The molecule has 0 radical (unpaired) electrons. The SMILES string of the molecule is Cc1nc(N)nc(N2CCC3(CC2)CC(=O)N(CC(C)C)CCO3)c1Cl. The summed E-state index contributed by atoms with van der Waals surface area (Å²) in [6.45, 7) is 9.61. The summed E-state index contributed by atoms with van der Waals surface area (Å²) in [5, 5.41) is 0.538. The second kappa shape index (κ2) is 7.56. The Hall–Kier alpha value is -1.60. The maximum Gasteiger partial charge on any atom is 0.225 e. The third-order valence-electron chi connectivity index (χ3n) is 5.17. The molecule has 1 spiro atoms. The summed E-state index contributed by atoms with van der Waals surface area (Å²) in [5.41, 5.74) is 6.09. The minimum atomic E-state index is -0.376. The number of rotatable bonds is 3. The van der Waals surface area contributed by atoms with Crippen LogP contribution in [0.25, 0.3) is 0 Å². The molecule has 0 bridgehead atoms. The van der Waals surface area contributed by atoms with Crippen molar-refractivity contribution in [1.82, 2.24) is 14.9 Å². The molecule has 144 valence electrons. The van der Waals surface area contributed by atoms with Crippen molar-refractivity contribution in [3.63, 3.8) is 0 Å². The van der Waals surface area contributed by atoms with E-state index in [4.69, 9.17) is 22.1 Å². The van der Waals surface area contributed by atoms with Gasteiger partial charge in [-0.1, -0.05) is 25.4 Å². The Morgan fingerprint density at radius 2 is 1.96 bits per heavy atom. The number of hydrogen-bond donors (Lipinski definition) is 1. The molecule has 0 saturated carbocycles. The summed E-state index contributed by atoms with van der Waals surface area (Å²) in [5.74, 6) is 1.56. The largest absolute Gasteiger partial charge is 0.372 e. The van der Waals surface area contributed by atoms with E-state index in [-0.39, 0.29) is 17.5 Å². The number of ether oxygens (including phenoxy) is 1. The summed E-state index contributed by atoms with van der Waals surface area (Å²) in [6, 6.07) is 0. The highest BCUT2D eigenvalue weighted by Crippen LogP contribution is 2.36. The Bertz CT molecular complexity index is 674. The van der Waals surface area contributed by atoms with Crippen molar-refractivity contribution in [2.75, 3.05) is 43.4 Å². The van der Waals surface area contributed by atoms with Crippen molar-refractivity contribution in [1.29, 1.82) is 0 Å². The molecular formula is C18H28ClN5O2. The predicted octanol–water partition coefficient (Wildman–Crippen LogP) is 2.26. The van der Waals surface area contributed by atoms with Crippen molar-refractivity contribution in [2.45, 2.75) is 45.6 Å². The first-order chi connectivity index (χ1) is 12.3. The lowest BCUT2D eigenvalue weighted by Gasteiger charge is -2.41. The number of aromatic nitrogens is 2. The fourth-order valence-corrected chi connectivity index (χ4v) is 4.00. The van der Waals surface area contributed by atoms with E-state index in [1.165, 1.54) is 0 Å². The zero-order chi connectivity index (χ0) is 18.9. The normalized spacial score (nSPS) is 20.7. The van der Waals surface area contributed by atoms with Crippen LogP contribution in [0, 0.1) is 12.8 Å². The fraction of sp³-hybridized carbons (Fsp3) is 0.722. The third-order valence-corrected chi connectivity index (χ3v) is 5.61. The molecule has 0 aromatic carbocycles. The predicted molar refractivity (Wildman–Crippen MR) is 102 cm³/mol. The van der Waals surface area contributed by atoms with Crippen molar-refractivity contribution in [3.8, 4) is 0 Å². The molecule has 0 aliphatic carbocycles. The van der Waals surface area contributed by atoms with E-state index in [0.29, 0.717) is 42.0 Å². The van der Waals surface area contributed by atoms with Gasteiger partial charge in [0.05, 0.1) is 24.3 Å². The van der Waals surface area contributed by atoms with Gasteiger partial charge in [0.1, 0.15) is 5.02 Å². The Labute approximate surface area is 159 Å². The van der Waals surface area contributed by atoms with Crippen LogP contribution < -0.4 is 10.6 Å². The maximum absolute atomic E-state index is 12.7. The van der Waals surface area contributed by atoms with Gasteiger partial charge >= 0.3 is 0 Å². The van der Waals surface area contributed by atoms with Crippen LogP contribution in [0.1, 0.15) is 38.8 Å². The number of nitrogen functional groups attached to an aromatic ring is 1. The fourth-order valence-electron chi connectivity index (χ4n) is 3.79. The van der Waals surface area contributed by atoms with Crippen LogP contribution in [0.3, 0.4) is 0 Å². The lowest BCUT2D eigenvalue weighted by molar-refractivity contribution is -0.134. The van der Waals surface area contributed by atoms with Crippen molar-refractivity contribution >= 4 is 29.3 Å². The van der Waals surface area contributed by atoms with Crippen LogP contribution in [-0.2, 0) is 9.53 Å². The van der Waals surface area contributed by atoms with Crippen LogP contribution in [0.5, 0.6) is 0 Å². The summed E-state index contributed by atoms with van der Waals surface area (Å²) in [6.07, 6.45) is 1.99. The highest BCUT2D eigenvalue weighted by molar-refractivity contribution is 6.33. The summed E-state index contributed by atoms with van der Waals surface area (Å²) in [4.78, 5) is 25.2. The van der Waals surface area contributed by atoms with E-state index in [1.807, 2.05) is 11.8 Å². The summed E-state index contributed by atoms with van der Waals surface area (Å²) >= 11 is 6.38. The Morgan fingerprint density at radius 1 is 1.27 bits per heavy atom. The number of nitrogens with zero attached hydrogens (tertiary/aromatic N) is 4. The lowest BCUT2D eigenvalue weighted by atomic mass is 9.87. The minimum absolute atomic E-state index is 0.199. The number of amides is 1. The Balaban J connectivity index is 1.69. The third kappa shape index (κ3) is 4.04. The van der Waals surface area contributed by atoms with Crippen LogP contribution >= 0.6 is 11.6 Å². The first-order valence-corrected chi connectivity index (χ1v) is 9.64. The van der Waals surface area contributed by atoms with Crippen LogP contribution in [0.4, 0.5) is 11.8 Å². The smallest absolute Gasteiger partial charge is 0.225 e. The molecule has 2 fully saturated rings. The van der Waals surface area contributed by atoms with Gasteiger partial charge in [-0.2, -0.15) is 4.98 Å². The van der Waals surface area contributed by atoms with Crippen LogP contribution in [0.15, 0.2) is 0 Å². The van der Waals surface area contributed by atoms with Crippen molar-refractivity contribution < 1.29 is 9.53 Å². The van der Waals surface area contributed by atoms with Gasteiger partial charge in [0, 0.05) is 26.2 Å². The molecule has 2 N–H and O–H groups in total. The topological polar surface area (TPSA) is 84.6 Å². The number of hydrogen-bond acceptors (Lipinski definition) is 6. The molecule has 0 atom stereocenters. The number of piperidine rings is 1. The molecular weight excluding hydrogens is 354 g/mol. The van der Waals surface area contributed by atoms with Gasteiger partial charge in [0.25, 0.3) is 0 Å². The van der Waals surface area contributed by atoms with E-state index < -0.39 is 0 Å². The van der Waals surface area contributed by atoms with Gasteiger partial charge in [0.15, 0.2) is 5.82 Å². The highest BCUT2D eigenvalue weighted by Gasteiger charge is 2.41. The van der Waals surface area contributed by atoms with Crippen molar-refractivity contribution in [3.05, 3.63) is 10.7 Å². The number of aryl methyl sites for hydroxylation is 1. The molecule has 2 aliphatic rings. The van der Waals surface area contributed by atoms with Gasteiger partial charge < -0.3 is 20.3 Å². The molecule has 3 heterocycles. The molecule has 1 aromatic heterocycles. The first kappa shape index (κ1) is 19.2. The van der Waals surface area contributed by atoms with E-state index in [2.05, 4.69) is 28.7 Å². The number of halogens is 1. The number of carbonyl (C=O) groups excluding carboxylic acids is 1. The van der Waals surface area contributed by atoms with Crippen LogP contribution in [0.2, 0.25) is 5.02 Å². The Morgan fingerprint density at radius 3 is 2.62 bits per heavy atom. The molecule has 8 heteroatoms. The average Bonchev–Trinajstić information content (AvgIpc) is 2.71. The molecule has 1 aromatic rings. The number of nitrogens with two attached hydrogens (primary N) is 1. The summed E-state index contributed by atoms with van der Waals surface area (Å²) < 4.78 is 6.20. The first-order valence-electron chi connectivity index (χ1n) is 9.26. The van der Waals surface area contributed by atoms with Crippen LogP contribution in [-0.4, -0.2) is 59.2 Å². The second-order valence-corrected chi connectivity index (χ2v) is 8.11. The summed E-state index contributed by atoms with van der Waals surface area (Å²) in [7, 11) is 0. The van der Waals surface area contributed by atoms with E-state index >= 15 is 0 Å². The standard InChI is InChI=1S/C18H28ClN5O2/c1-12(2)11-24-8-9-26-18(10-14(24)25)4-6-23(7-5-18)16-15(19)13(3)21-17(20)22-16/h12H,4-11H2,1-3H3,(H2,20,21,22). The maximum atomic E-state index is 12.7. The zero-order valence-electron chi connectivity index (χ0n) is 15.8. The molecule has 1 amide bonds. The van der Waals surface area contributed by atoms with E-state index in [9.17, 15) is 4.79 Å². The monoisotopic (exact) mass is 381 g/mol. The minimum Gasteiger partial charge on any atom is -0.372 e. The van der Waals surface area contributed by atoms with Gasteiger partial charge in [-0.05, 0) is 25.7 Å². The highest BCUT2D eigenvalue weighted by atomic mass is 35.5.